The molecule has 80 valence electrons. The van der Waals surface area contributed by atoms with Gasteiger partial charge in [-0.3, -0.25) is 0 Å². The van der Waals surface area contributed by atoms with Crippen molar-refractivity contribution in [3.63, 3.8) is 0 Å². The molecule has 0 aromatic carbocycles. The van der Waals surface area contributed by atoms with Crippen LogP contribution in [-0.4, -0.2) is 14.7 Å². The lowest BCUT2D eigenvalue weighted by molar-refractivity contribution is 0.0741. The summed E-state index contributed by atoms with van der Waals surface area (Å²) in [7, 11) is 0. The summed E-state index contributed by atoms with van der Waals surface area (Å²) in [4.78, 5) is 4.03. The topological polar surface area (TPSA) is 38.0 Å². The molecule has 0 fully saturated rings. The molecule has 1 aliphatic rings. The molecule has 3 heteroatoms. The van der Waals surface area contributed by atoms with Gasteiger partial charge in [-0.1, -0.05) is 27.2 Å². The first-order valence-electron chi connectivity index (χ1n) is 5.51. The van der Waals surface area contributed by atoms with Gasteiger partial charge in [-0.05, 0) is 12.3 Å². The van der Waals surface area contributed by atoms with Crippen molar-refractivity contribution in [1.29, 1.82) is 0 Å². The van der Waals surface area contributed by atoms with Crippen LogP contribution in [0.25, 0.3) is 0 Å². The van der Waals surface area contributed by atoms with E-state index in [4.69, 9.17) is 0 Å². The second-order valence-electron chi connectivity index (χ2n) is 3.41. The maximum atomic E-state index is 9.85. The van der Waals surface area contributed by atoms with Gasteiger partial charge >= 0.3 is 0 Å². The third kappa shape index (κ3) is 1.98. The Labute approximate surface area is 85.8 Å². The van der Waals surface area contributed by atoms with Gasteiger partial charge in [0, 0.05) is 6.54 Å². The van der Waals surface area contributed by atoms with E-state index >= 15 is 0 Å². The SMILES string of the molecule is CC.CCC1CCn2cncc2C1O. The molecule has 14 heavy (non-hydrogen) atoms. The van der Waals surface area contributed by atoms with Crippen LogP contribution in [0.3, 0.4) is 0 Å². The zero-order valence-electron chi connectivity index (χ0n) is 9.27. The molecule has 0 aliphatic carbocycles. The van der Waals surface area contributed by atoms with Crippen LogP contribution >= 0.6 is 0 Å². The molecule has 2 rings (SSSR count). The predicted octanol–water partition coefficient (Wildman–Crippen LogP) is 2.37. The first-order valence-corrected chi connectivity index (χ1v) is 5.51. The highest BCUT2D eigenvalue weighted by atomic mass is 16.3. The molecule has 0 spiro atoms. The van der Waals surface area contributed by atoms with Gasteiger partial charge in [0.15, 0.2) is 0 Å². The number of aliphatic hydroxyl groups is 1. The minimum absolute atomic E-state index is 0.300. The van der Waals surface area contributed by atoms with E-state index in [0.717, 1.165) is 25.1 Å². The largest absolute Gasteiger partial charge is 0.387 e. The fourth-order valence-electron chi connectivity index (χ4n) is 1.90. The van der Waals surface area contributed by atoms with Crippen LogP contribution < -0.4 is 0 Å². The number of aliphatic hydroxyl groups excluding tert-OH is 1. The summed E-state index contributed by atoms with van der Waals surface area (Å²) in [6, 6.07) is 0. The second-order valence-corrected chi connectivity index (χ2v) is 3.41. The molecular formula is C11H20N2O. The number of rotatable bonds is 1. The average molecular weight is 196 g/mol. The Kier molecular flexibility index (Phi) is 4.14. The van der Waals surface area contributed by atoms with E-state index in [1.165, 1.54) is 0 Å². The smallest absolute Gasteiger partial charge is 0.0984 e. The molecule has 0 amide bonds. The van der Waals surface area contributed by atoms with Gasteiger partial charge in [-0.25, -0.2) is 4.98 Å². The van der Waals surface area contributed by atoms with Crippen molar-refractivity contribution >= 4 is 0 Å². The summed E-state index contributed by atoms with van der Waals surface area (Å²) < 4.78 is 2.04. The lowest BCUT2D eigenvalue weighted by Gasteiger charge is -2.27. The number of imidazole rings is 1. The molecule has 0 radical (unpaired) electrons. The number of nitrogens with zero attached hydrogens (tertiary/aromatic N) is 2. The lowest BCUT2D eigenvalue weighted by atomic mass is 9.91. The monoisotopic (exact) mass is 196 g/mol. The number of hydrogen-bond donors (Lipinski definition) is 1. The third-order valence-electron chi connectivity index (χ3n) is 2.76. The zero-order chi connectivity index (χ0) is 10.6. The molecule has 0 saturated carbocycles. The van der Waals surface area contributed by atoms with Crippen molar-refractivity contribution in [3.05, 3.63) is 18.2 Å². The van der Waals surface area contributed by atoms with Gasteiger partial charge in [0.25, 0.3) is 0 Å². The Balaban J connectivity index is 0.000000461. The Morgan fingerprint density at radius 1 is 1.57 bits per heavy atom. The number of hydrogen-bond acceptors (Lipinski definition) is 2. The fraction of sp³-hybridized carbons (Fsp3) is 0.727. The van der Waals surface area contributed by atoms with Gasteiger partial charge in [0.2, 0.25) is 0 Å². The van der Waals surface area contributed by atoms with Gasteiger partial charge in [0.1, 0.15) is 0 Å². The van der Waals surface area contributed by atoms with Crippen molar-refractivity contribution in [1.82, 2.24) is 9.55 Å². The van der Waals surface area contributed by atoms with Crippen LogP contribution in [0.4, 0.5) is 0 Å². The number of fused-ring (bicyclic) bond motifs is 1. The summed E-state index contributed by atoms with van der Waals surface area (Å²) in [6.07, 6.45) is 5.39. The molecule has 2 atom stereocenters. The Bertz CT molecular complexity index is 270. The van der Waals surface area contributed by atoms with Crippen molar-refractivity contribution in [2.24, 2.45) is 5.92 Å². The first-order chi connectivity index (χ1) is 6.83. The molecule has 2 unspecified atom stereocenters. The second kappa shape index (κ2) is 5.15. The Morgan fingerprint density at radius 3 is 2.93 bits per heavy atom. The summed E-state index contributed by atoms with van der Waals surface area (Å²) in [6.45, 7) is 7.13. The standard InChI is InChI=1S/C9H14N2O.C2H6/c1-2-7-3-4-11-6-10-5-8(11)9(7)12;1-2/h5-7,9,12H,2-4H2,1H3;1-2H3. The van der Waals surface area contributed by atoms with Crippen molar-refractivity contribution in [2.45, 2.75) is 46.3 Å². The van der Waals surface area contributed by atoms with Gasteiger partial charge in [-0.2, -0.15) is 0 Å². The number of aromatic nitrogens is 2. The van der Waals surface area contributed by atoms with Crippen LogP contribution in [0.1, 0.15) is 45.4 Å². The van der Waals surface area contributed by atoms with Gasteiger partial charge in [-0.15, -0.1) is 0 Å². The summed E-state index contributed by atoms with van der Waals surface area (Å²) in [5, 5.41) is 9.85. The molecule has 1 aromatic rings. The van der Waals surface area contributed by atoms with Crippen LogP contribution in [0.15, 0.2) is 12.5 Å². The quantitative estimate of drug-likeness (QED) is 0.748. The third-order valence-corrected chi connectivity index (χ3v) is 2.76. The van der Waals surface area contributed by atoms with Crippen LogP contribution in [0, 0.1) is 5.92 Å². The maximum Gasteiger partial charge on any atom is 0.0984 e. The van der Waals surface area contributed by atoms with Crippen LogP contribution in [0.2, 0.25) is 0 Å². The molecule has 1 N–H and O–H groups in total. The van der Waals surface area contributed by atoms with E-state index in [2.05, 4.69) is 11.9 Å². The molecule has 0 saturated heterocycles. The van der Waals surface area contributed by atoms with Gasteiger partial charge < -0.3 is 9.67 Å². The van der Waals surface area contributed by atoms with E-state index in [1.54, 1.807) is 12.5 Å². The Hall–Kier alpha value is -0.830. The minimum Gasteiger partial charge on any atom is -0.387 e. The molecule has 1 aliphatic heterocycles. The van der Waals surface area contributed by atoms with E-state index in [9.17, 15) is 5.11 Å². The lowest BCUT2D eigenvalue weighted by Crippen LogP contribution is -2.23. The van der Waals surface area contributed by atoms with E-state index in [0.29, 0.717) is 5.92 Å². The highest BCUT2D eigenvalue weighted by Crippen LogP contribution is 2.31. The van der Waals surface area contributed by atoms with E-state index in [1.807, 2.05) is 18.4 Å². The summed E-state index contributed by atoms with van der Waals surface area (Å²) in [5.74, 6) is 0.425. The fourth-order valence-corrected chi connectivity index (χ4v) is 1.90. The molecule has 0 bridgehead atoms. The summed E-state index contributed by atoms with van der Waals surface area (Å²) in [5.41, 5.74) is 0.980. The van der Waals surface area contributed by atoms with Crippen LogP contribution in [0.5, 0.6) is 0 Å². The summed E-state index contributed by atoms with van der Waals surface area (Å²) >= 11 is 0. The first kappa shape index (κ1) is 11.2. The Morgan fingerprint density at radius 2 is 2.29 bits per heavy atom. The average Bonchev–Trinajstić information content (AvgIpc) is 2.70. The normalized spacial score (nSPS) is 24.9. The highest BCUT2D eigenvalue weighted by Gasteiger charge is 2.26. The van der Waals surface area contributed by atoms with Crippen LogP contribution in [-0.2, 0) is 6.54 Å². The maximum absolute atomic E-state index is 9.85. The predicted molar refractivity (Wildman–Crippen MR) is 56.9 cm³/mol. The van der Waals surface area contributed by atoms with Crippen molar-refractivity contribution < 1.29 is 5.11 Å². The molecule has 1 aromatic heterocycles. The molecule has 2 heterocycles. The zero-order valence-corrected chi connectivity index (χ0v) is 9.27. The van der Waals surface area contributed by atoms with E-state index in [-0.39, 0.29) is 6.10 Å². The number of aryl methyl sites for hydroxylation is 1. The highest BCUT2D eigenvalue weighted by molar-refractivity contribution is 5.06. The minimum atomic E-state index is -0.300. The van der Waals surface area contributed by atoms with E-state index < -0.39 is 0 Å². The van der Waals surface area contributed by atoms with Crippen molar-refractivity contribution in [3.8, 4) is 0 Å². The molecule has 3 nitrogen and oxygen atoms in total. The molecular weight excluding hydrogens is 176 g/mol. The van der Waals surface area contributed by atoms with Gasteiger partial charge in [0.05, 0.1) is 24.3 Å². The van der Waals surface area contributed by atoms with Crippen molar-refractivity contribution in [2.75, 3.05) is 0 Å².